The molecule has 1 fully saturated rings. The second kappa shape index (κ2) is 9.91. The minimum atomic E-state index is -5.35. The number of nitrogens with one attached hydrogen (secondary N) is 2. The van der Waals surface area contributed by atoms with Crippen molar-refractivity contribution in [1.82, 2.24) is 20.3 Å². The number of hydrogen-bond acceptors (Lipinski definition) is 6. The number of aromatic amines is 1. The first-order valence-electron chi connectivity index (χ1n) is 13.2. The highest BCUT2D eigenvalue weighted by Crippen LogP contribution is 2.48. The molecule has 2 amide bonds. The van der Waals surface area contributed by atoms with Crippen molar-refractivity contribution in [3.63, 3.8) is 0 Å². The maximum Gasteiger partial charge on any atom is 0.424 e. The number of H-pyrrole nitrogens is 1. The van der Waals surface area contributed by atoms with Gasteiger partial charge in [-0.3, -0.25) is 9.59 Å². The van der Waals surface area contributed by atoms with Gasteiger partial charge >= 0.3 is 6.18 Å². The lowest BCUT2D eigenvalue weighted by Gasteiger charge is -2.31. The van der Waals surface area contributed by atoms with E-state index in [1.54, 1.807) is 0 Å². The number of hydrogen-bond donors (Lipinski definition) is 4. The molecule has 1 aliphatic heterocycles. The number of carbonyl (C=O) groups excluding carboxylic acids is 2. The van der Waals surface area contributed by atoms with Crippen molar-refractivity contribution >= 4 is 34.4 Å². The van der Waals surface area contributed by atoms with Gasteiger partial charge in [0.1, 0.15) is 40.6 Å². The standard InChI is InChI=1S/C29H24ClF4N5O4/c1-27(26(35)41)12-43-23-17(27)10-20(38-21(23)13-4-6-16(31)7-5-13)28(42,29(32,33)34)11-36-25(40)15-8-18(30)22-19(9-15)37-24(39-22)14-2-3-14/h4-10,14,42H,2-3,11-12H2,1H3,(H2,35,41)(H,36,40)(H,37,39)/t27-,28?/m0/s1. The molecule has 3 heterocycles. The van der Waals surface area contributed by atoms with E-state index < -0.39 is 47.1 Å². The number of benzene rings is 2. The van der Waals surface area contributed by atoms with Gasteiger partial charge in [-0.05, 0) is 62.2 Å². The number of nitrogens with zero attached hydrogens (tertiary/aromatic N) is 2. The Morgan fingerprint density at radius 3 is 2.51 bits per heavy atom. The molecular weight excluding hydrogens is 594 g/mol. The Balaban J connectivity index is 1.39. The number of aromatic nitrogens is 3. The minimum absolute atomic E-state index is 0.0294. The lowest BCUT2D eigenvalue weighted by Crippen LogP contribution is -2.51. The first-order valence-corrected chi connectivity index (χ1v) is 13.6. The number of pyridine rings is 1. The zero-order chi connectivity index (χ0) is 30.9. The van der Waals surface area contributed by atoms with Crippen LogP contribution in [0.2, 0.25) is 5.02 Å². The Morgan fingerprint density at radius 1 is 1.19 bits per heavy atom. The van der Waals surface area contributed by atoms with Gasteiger partial charge in [-0.2, -0.15) is 13.2 Å². The molecule has 6 rings (SSSR count). The van der Waals surface area contributed by atoms with Crippen molar-refractivity contribution in [2.24, 2.45) is 5.73 Å². The van der Waals surface area contributed by atoms with Gasteiger partial charge in [0, 0.05) is 22.6 Å². The summed E-state index contributed by atoms with van der Waals surface area (Å²) in [5.74, 6) is -1.48. The smallest absolute Gasteiger partial charge is 0.424 e. The number of halogens is 5. The maximum absolute atomic E-state index is 14.6. The van der Waals surface area contributed by atoms with Crippen LogP contribution in [0.25, 0.3) is 22.3 Å². The molecule has 0 radical (unpaired) electrons. The molecule has 4 aromatic rings. The van der Waals surface area contributed by atoms with Crippen molar-refractivity contribution in [1.29, 1.82) is 0 Å². The molecule has 224 valence electrons. The summed E-state index contributed by atoms with van der Waals surface area (Å²) in [6, 6.07) is 8.27. The molecule has 1 unspecified atom stereocenters. The predicted octanol–water partition coefficient (Wildman–Crippen LogP) is 4.61. The molecule has 1 aliphatic carbocycles. The number of carbonyl (C=O) groups is 2. The molecule has 43 heavy (non-hydrogen) atoms. The number of alkyl halides is 3. The number of aliphatic hydroxyl groups is 1. The topological polar surface area (TPSA) is 143 Å². The van der Waals surface area contributed by atoms with Crippen molar-refractivity contribution in [2.75, 3.05) is 13.2 Å². The summed E-state index contributed by atoms with van der Waals surface area (Å²) in [5.41, 5.74) is 0.143. The molecule has 2 atom stereocenters. The van der Waals surface area contributed by atoms with Crippen molar-refractivity contribution in [3.8, 4) is 17.0 Å². The Labute approximate surface area is 246 Å². The van der Waals surface area contributed by atoms with E-state index in [0.717, 1.165) is 31.0 Å². The molecule has 0 spiro atoms. The van der Waals surface area contributed by atoms with E-state index in [9.17, 15) is 32.3 Å². The van der Waals surface area contributed by atoms with E-state index in [1.807, 2.05) is 0 Å². The Kier molecular flexibility index (Phi) is 6.66. The third-order valence-electron chi connectivity index (χ3n) is 7.92. The number of ether oxygens (including phenoxy) is 1. The van der Waals surface area contributed by atoms with Gasteiger partial charge in [-0.1, -0.05) is 11.6 Å². The maximum atomic E-state index is 14.6. The monoisotopic (exact) mass is 617 g/mol. The van der Waals surface area contributed by atoms with Crippen LogP contribution in [0.4, 0.5) is 17.6 Å². The number of nitrogens with two attached hydrogens (primary N) is 1. The van der Waals surface area contributed by atoms with E-state index in [2.05, 4.69) is 20.3 Å². The lowest BCUT2D eigenvalue weighted by atomic mass is 9.81. The predicted molar refractivity (Wildman–Crippen MR) is 147 cm³/mol. The summed E-state index contributed by atoms with van der Waals surface area (Å²) >= 11 is 6.32. The fraction of sp³-hybridized carbons (Fsp3) is 0.310. The normalized spacial score (nSPS) is 19.5. The fourth-order valence-corrected chi connectivity index (χ4v) is 5.29. The highest BCUT2D eigenvalue weighted by atomic mass is 35.5. The van der Waals surface area contributed by atoms with Crippen LogP contribution in [-0.4, -0.2) is 51.2 Å². The molecule has 5 N–H and O–H groups in total. The van der Waals surface area contributed by atoms with Crippen LogP contribution in [0.1, 0.15) is 53.1 Å². The average molecular weight is 618 g/mol. The first-order chi connectivity index (χ1) is 20.2. The summed E-state index contributed by atoms with van der Waals surface area (Å²) in [6.45, 7) is -0.251. The molecule has 1 saturated carbocycles. The fourth-order valence-electron chi connectivity index (χ4n) is 5.02. The number of rotatable bonds is 7. The number of primary amides is 1. The molecule has 0 saturated heterocycles. The van der Waals surface area contributed by atoms with Crippen LogP contribution in [0, 0.1) is 5.82 Å². The van der Waals surface area contributed by atoms with Gasteiger partial charge in [0.05, 0.1) is 22.8 Å². The van der Waals surface area contributed by atoms with Crippen LogP contribution in [0.5, 0.6) is 5.75 Å². The van der Waals surface area contributed by atoms with Gasteiger partial charge in [-0.15, -0.1) is 0 Å². The molecule has 9 nitrogen and oxygen atoms in total. The SMILES string of the molecule is C[C@]1(C(N)=O)COc2c1cc(C(O)(CNC(=O)c1cc(Cl)c3nc(C4CC4)[nH]c3c1)C(F)(F)F)nc2-c1ccc(F)cc1. The molecule has 2 aliphatic rings. The zero-order valence-electron chi connectivity index (χ0n) is 22.5. The van der Waals surface area contributed by atoms with E-state index in [1.165, 1.54) is 31.2 Å². The molecular formula is C29H24ClF4N5O4. The zero-order valence-corrected chi connectivity index (χ0v) is 23.2. The second-order valence-electron chi connectivity index (χ2n) is 11.0. The highest BCUT2D eigenvalue weighted by Gasteiger charge is 2.57. The van der Waals surface area contributed by atoms with Crippen LogP contribution in [0.15, 0.2) is 42.5 Å². The van der Waals surface area contributed by atoms with Gasteiger partial charge < -0.3 is 25.9 Å². The van der Waals surface area contributed by atoms with Crippen LogP contribution < -0.4 is 15.8 Å². The van der Waals surface area contributed by atoms with E-state index in [-0.39, 0.29) is 45.7 Å². The van der Waals surface area contributed by atoms with Crippen molar-refractivity contribution in [2.45, 2.75) is 42.9 Å². The minimum Gasteiger partial charge on any atom is -0.489 e. The Hall–Kier alpha value is -4.23. The van der Waals surface area contributed by atoms with Crippen molar-refractivity contribution in [3.05, 3.63) is 75.9 Å². The summed E-state index contributed by atoms with van der Waals surface area (Å²) < 4.78 is 63.2. The average Bonchev–Trinajstić information content (AvgIpc) is 3.62. The van der Waals surface area contributed by atoms with Gasteiger partial charge in [0.15, 0.2) is 0 Å². The third-order valence-corrected chi connectivity index (χ3v) is 8.20. The van der Waals surface area contributed by atoms with E-state index in [4.69, 9.17) is 22.1 Å². The van der Waals surface area contributed by atoms with Gasteiger partial charge in [-0.25, -0.2) is 14.4 Å². The first kappa shape index (κ1) is 28.9. The van der Waals surface area contributed by atoms with E-state index in [0.29, 0.717) is 16.9 Å². The summed E-state index contributed by atoms with van der Waals surface area (Å²) in [7, 11) is 0. The molecule has 14 heteroatoms. The number of fused-ring (bicyclic) bond motifs is 2. The van der Waals surface area contributed by atoms with E-state index >= 15 is 0 Å². The van der Waals surface area contributed by atoms with Crippen LogP contribution in [0.3, 0.4) is 0 Å². The number of imidazole rings is 1. The molecule has 0 bridgehead atoms. The second-order valence-corrected chi connectivity index (χ2v) is 11.4. The number of amides is 2. The van der Waals surface area contributed by atoms with Gasteiger partial charge in [0.25, 0.3) is 5.91 Å². The molecule has 2 aromatic heterocycles. The Bertz CT molecular complexity index is 1790. The van der Waals surface area contributed by atoms with Gasteiger partial charge in [0.2, 0.25) is 11.5 Å². The quantitative estimate of drug-likeness (QED) is 0.223. The summed E-state index contributed by atoms with van der Waals surface area (Å²) in [5, 5.41) is 13.5. The summed E-state index contributed by atoms with van der Waals surface area (Å²) in [6.07, 6.45) is -3.43. The summed E-state index contributed by atoms with van der Waals surface area (Å²) in [4.78, 5) is 37.1. The highest BCUT2D eigenvalue weighted by molar-refractivity contribution is 6.35. The third kappa shape index (κ3) is 4.85. The molecule has 2 aromatic carbocycles. The van der Waals surface area contributed by atoms with Crippen LogP contribution >= 0.6 is 11.6 Å². The largest absolute Gasteiger partial charge is 0.489 e. The van der Waals surface area contributed by atoms with Crippen molar-refractivity contribution < 1.29 is 37.0 Å². The van der Waals surface area contributed by atoms with Crippen LogP contribution in [-0.2, 0) is 15.8 Å². The lowest BCUT2D eigenvalue weighted by molar-refractivity contribution is -0.265. The Morgan fingerprint density at radius 2 is 1.88 bits per heavy atom.